The van der Waals surface area contributed by atoms with Crippen LogP contribution in [0.3, 0.4) is 0 Å². The molecule has 106 valence electrons. The maximum Gasteiger partial charge on any atom is 0.211 e. The molecule has 1 aromatic rings. The second-order valence-corrected chi connectivity index (χ2v) is 7.01. The molecular formula is C13H21N3O2S. The van der Waals surface area contributed by atoms with Crippen molar-refractivity contribution in [2.75, 3.05) is 37.3 Å². The number of hydrogen-bond acceptors (Lipinski definition) is 4. The Labute approximate surface area is 115 Å². The number of hydrogen-bond donors (Lipinski definition) is 1. The second kappa shape index (κ2) is 5.48. The number of nitrogens with two attached hydrogens (primary N) is 1. The molecule has 0 aromatic heterocycles. The molecule has 1 aromatic carbocycles. The van der Waals surface area contributed by atoms with Crippen molar-refractivity contribution in [3.05, 3.63) is 29.8 Å². The fourth-order valence-corrected chi connectivity index (χ4v) is 3.09. The van der Waals surface area contributed by atoms with Crippen LogP contribution in [0.15, 0.2) is 24.3 Å². The molecule has 0 radical (unpaired) electrons. The van der Waals surface area contributed by atoms with Gasteiger partial charge in [0.1, 0.15) is 0 Å². The van der Waals surface area contributed by atoms with Crippen LogP contribution in [0.25, 0.3) is 0 Å². The van der Waals surface area contributed by atoms with Crippen LogP contribution in [0.2, 0.25) is 0 Å². The third-order valence-corrected chi connectivity index (χ3v) is 4.79. The van der Waals surface area contributed by atoms with Gasteiger partial charge in [0.15, 0.2) is 0 Å². The summed E-state index contributed by atoms with van der Waals surface area (Å²) < 4.78 is 24.4. The zero-order chi connectivity index (χ0) is 14.0. The maximum atomic E-state index is 11.4. The van der Waals surface area contributed by atoms with Crippen molar-refractivity contribution < 1.29 is 8.42 Å². The SMILES string of the molecule is C[C@@H](N)c1ccc(N2CCN(S(C)(=O)=O)CC2)cc1. The smallest absolute Gasteiger partial charge is 0.211 e. The molecule has 6 heteroatoms. The van der Waals surface area contributed by atoms with Crippen molar-refractivity contribution in [2.24, 2.45) is 5.73 Å². The summed E-state index contributed by atoms with van der Waals surface area (Å²) in [5.74, 6) is 0. The van der Waals surface area contributed by atoms with Gasteiger partial charge in [-0.15, -0.1) is 0 Å². The van der Waals surface area contributed by atoms with E-state index in [-0.39, 0.29) is 6.04 Å². The van der Waals surface area contributed by atoms with Crippen molar-refractivity contribution in [1.29, 1.82) is 0 Å². The monoisotopic (exact) mass is 283 g/mol. The summed E-state index contributed by atoms with van der Waals surface area (Å²) in [7, 11) is -3.06. The quantitative estimate of drug-likeness (QED) is 0.890. The van der Waals surface area contributed by atoms with Gasteiger partial charge in [-0.25, -0.2) is 8.42 Å². The zero-order valence-electron chi connectivity index (χ0n) is 11.4. The fourth-order valence-electron chi connectivity index (χ4n) is 2.27. The third-order valence-electron chi connectivity index (χ3n) is 3.49. The van der Waals surface area contributed by atoms with Crippen LogP contribution >= 0.6 is 0 Å². The summed E-state index contributed by atoms with van der Waals surface area (Å²) >= 11 is 0. The molecule has 0 amide bonds. The molecular weight excluding hydrogens is 262 g/mol. The van der Waals surface area contributed by atoms with Gasteiger partial charge in [-0.3, -0.25) is 0 Å². The lowest BCUT2D eigenvalue weighted by Gasteiger charge is -2.34. The molecule has 1 aliphatic rings. The number of benzene rings is 1. The summed E-state index contributed by atoms with van der Waals surface area (Å²) in [5.41, 5.74) is 8.05. The van der Waals surface area contributed by atoms with Gasteiger partial charge < -0.3 is 10.6 Å². The van der Waals surface area contributed by atoms with E-state index < -0.39 is 10.0 Å². The molecule has 1 aliphatic heterocycles. The molecule has 19 heavy (non-hydrogen) atoms. The maximum absolute atomic E-state index is 11.4. The fraction of sp³-hybridized carbons (Fsp3) is 0.538. The number of piperazine rings is 1. The lowest BCUT2D eigenvalue weighted by Crippen LogP contribution is -2.48. The highest BCUT2D eigenvalue weighted by molar-refractivity contribution is 7.88. The van der Waals surface area contributed by atoms with Crippen molar-refractivity contribution in [2.45, 2.75) is 13.0 Å². The Bertz CT molecular complexity index is 517. The minimum atomic E-state index is -3.06. The molecule has 0 spiro atoms. The number of nitrogens with zero attached hydrogens (tertiary/aromatic N) is 2. The van der Waals surface area contributed by atoms with Gasteiger partial charge in [-0.2, -0.15) is 4.31 Å². The van der Waals surface area contributed by atoms with Crippen molar-refractivity contribution >= 4 is 15.7 Å². The Kier molecular flexibility index (Phi) is 4.13. The normalized spacial score (nSPS) is 19.4. The van der Waals surface area contributed by atoms with E-state index in [1.54, 1.807) is 0 Å². The van der Waals surface area contributed by atoms with Crippen LogP contribution in [0.5, 0.6) is 0 Å². The first-order valence-electron chi connectivity index (χ1n) is 6.43. The molecule has 1 heterocycles. The van der Waals surface area contributed by atoms with Gasteiger partial charge in [-0.05, 0) is 24.6 Å². The van der Waals surface area contributed by atoms with Crippen LogP contribution in [0.1, 0.15) is 18.5 Å². The largest absolute Gasteiger partial charge is 0.369 e. The van der Waals surface area contributed by atoms with E-state index in [1.165, 1.54) is 10.6 Å². The van der Waals surface area contributed by atoms with E-state index in [1.807, 2.05) is 19.1 Å². The van der Waals surface area contributed by atoms with E-state index in [0.717, 1.165) is 24.3 Å². The summed E-state index contributed by atoms with van der Waals surface area (Å²) in [6.07, 6.45) is 1.26. The van der Waals surface area contributed by atoms with E-state index >= 15 is 0 Å². The Morgan fingerprint density at radius 2 is 1.63 bits per heavy atom. The molecule has 0 unspecified atom stereocenters. The van der Waals surface area contributed by atoms with Crippen LogP contribution in [-0.4, -0.2) is 45.2 Å². The van der Waals surface area contributed by atoms with Crippen molar-refractivity contribution in [3.63, 3.8) is 0 Å². The van der Waals surface area contributed by atoms with Crippen LogP contribution in [0, 0.1) is 0 Å². The van der Waals surface area contributed by atoms with E-state index in [2.05, 4.69) is 17.0 Å². The predicted molar refractivity (Wildman–Crippen MR) is 77.7 cm³/mol. The highest BCUT2D eigenvalue weighted by Gasteiger charge is 2.23. The second-order valence-electron chi connectivity index (χ2n) is 5.03. The Morgan fingerprint density at radius 1 is 1.11 bits per heavy atom. The lowest BCUT2D eigenvalue weighted by atomic mass is 10.1. The minimum Gasteiger partial charge on any atom is -0.369 e. The van der Waals surface area contributed by atoms with Gasteiger partial charge in [0.2, 0.25) is 10.0 Å². The highest BCUT2D eigenvalue weighted by atomic mass is 32.2. The molecule has 1 saturated heterocycles. The minimum absolute atomic E-state index is 0.0381. The summed E-state index contributed by atoms with van der Waals surface area (Å²) in [6.45, 7) is 4.51. The predicted octanol–water partition coefficient (Wildman–Crippen LogP) is 0.788. The van der Waals surface area contributed by atoms with Crippen molar-refractivity contribution in [1.82, 2.24) is 4.31 Å². The molecule has 5 nitrogen and oxygen atoms in total. The van der Waals surface area contributed by atoms with Gasteiger partial charge in [-0.1, -0.05) is 12.1 Å². The van der Waals surface area contributed by atoms with Crippen LogP contribution in [0.4, 0.5) is 5.69 Å². The zero-order valence-corrected chi connectivity index (χ0v) is 12.2. The average Bonchev–Trinajstić information content (AvgIpc) is 2.38. The number of anilines is 1. The Morgan fingerprint density at radius 3 is 2.05 bits per heavy atom. The molecule has 2 N–H and O–H groups in total. The molecule has 2 rings (SSSR count). The van der Waals surface area contributed by atoms with Gasteiger partial charge in [0.05, 0.1) is 6.26 Å². The Balaban J connectivity index is 2.02. The van der Waals surface area contributed by atoms with Crippen LogP contribution < -0.4 is 10.6 Å². The molecule has 1 fully saturated rings. The molecule has 0 bridgehead atoms. The van der Waals surface area contributed by atoms with E-state index in [0.29, 0.717) is 13.1 Å². The molecule has 1 atom stereocenters. The molecule has 0 saturated carbocycles. The molecule has 0 aliphatic carbocycles. The van der Waals surface area contributed by atoms with Gasteiger partial charge in [0.25, 0.3) is 0 Å². The first-order valence-corrected chi connectivity index (χ1v) is 8.28. The third kappa shape index (κ3) is 3.46. The number of rotatable bonds is 3. The van der Waals surface area contributed by atoms with Crippen molar-refractivity contribution in [3.8, 4) is 0 Å². The summed E-state index contributed by atoms with van der Waals surface area (Å²) in [6, 6.07) is 8.20. The summed E-state index contributed by atoms with van der Waals surface area (Å²) in [5, 5.41) is 0. The average molecular weight is 283 g/mol. The van der Waals surface area contributed by atoms with Crippen LogP contribution in [-0.2, 0) is 10.0 Å². The lowest BCUT2D eigenvalue weighted by molar-refractivity contribution is 0.388. The standard InChI is InChI=1S/C13H21N3O2S/c1-11(14)12-3-5-13(6-4-12)15-7-9-16(10-8-15)19(2,17)18/h3-6,11H,7-10,14H2,1-2H3/t11-/m1/s1. The topological polar surface area (TPSA) is 66.6 Å². The first kappa shape index (κ1) is 14.3. The van der Waals surface area contributed by atoms with Gasteiger partial charge in [0, 0.05) is 37.9 Å². The summed E-state index contributed by atoms with van der Waals surface area (Å²) in [4.78, 5) is 2.20. The van der Waals surface area contributed by atoms with E-state index in [9.17, 15) is 8.42 Å². The van der Waals surface area contributed by atoms with Gasteiger partial charge >= 0.3 is 0 Å². The highest BCUT2D eigenvalue weighted by Crippen LogP contribution is 2.20. The number of sulfonamides is 1. The Hall–Kier alpha value is -1.11. The van der Waals surface area contributed by atoms with E-state index in [4.69, 9.17) is 5.73 Å². The first-order chi connectivity index (χ1) is 8.88.